The molecule has 3 aromatic rings. The standard InChI is InChI=1S/C22H23ClN2O/c23-19-11-8-17(9-12-19)16-26-20-7-5-6-18-10-13-21(24-22(18)20)25-14-3-1-2-4-15-25/h5-13H,1-4,14-16H2. The van der Waals surface area contributed by atoms with E-state index < -0.39 is 0 Å². The number of rotatable bonds is 4. The number of benzene rings is 2. The van der Waals surface area contributed by atoms with Crippen LogP contribution in [0.3, 0.4) is 0 Å². The molecule has 0 unspecified atom stereocenters. The van der Waals surface area contributed by atoms with Gasteiger partial charge in [0.15, 0.2) is 0 Å². The highest BCUT2D eigenvalue weighted by Gasteiger charge is 2.13. The van der Waals surface area contributed by atoms with Crippen LogP contribution in [0.2, 0.25) is 5.02 Å². The zero-order valence-electron chi connectivity index (χ0n) is 14.8. The molecule has 26 heavy (non-hydrogen) atoms. The van der Waals surface area contributed by atoms with Crippen molar-refractivity contribution in [2.24, 2.45) is 0 Å². The third kappa shape index (κ3) is 3.94. The van der Waals surface area contributed by atoms with E-state index in [2.05, 4.69) is 23.1 Å². The SMILES string of the molecule is Clc1ccc(COc2cccc3ccc(N4CCCCCC4)nc23)cc1. The van der Waals surface area contributed by atoms with Crippen LogP contribution in [0.4, 0.5) is 5.82 Å². The number of anilines is 1. The van der Waals surface area contributed by atoms with Crippen LogP contribution >= 0.6 is 11.6 Å². The maximum atomic E-state index is 6.09. The van der Waals surface area contributed by atoms with Crippen LogP contribution in [0.25, 0.3) is 10.9 Å². The summed E-state index contributed by atoms with van der Waals surface area (Å²) in [6.07, 6.45) is 5.13. The van der Waals surface area contributed by atoms with E-state index in [0.717, 1.165) is 46.1 Å². The van der Waals surface area contributed by atoms with Gasteiger partial charge in [-0.3, -0.25) is 0 Å². The van der Waals surface area contributed by atoms with Crippen LogP contribution in [0.5, 0.6) is 5.75 Å². The second-order valence-electron chi connectivity index (χ2n) is 6.81. The van der Waals surface area contributed by atoms with Crippen LogP contribution in [-0.2, 0) is 6.61 Å². The van der Waals surface area contributed by atoms with Gasteiger partial charge in [0.1, 0.15) is 23.7 Å². The topological polar surface area (TPSA) is 25.4 Å². The third-order valence-corrected chi connectivity index (χ3v) is 5.16. The van der Waals surface area contributed by atoms with E-state index in [-0.39, 0.29) is 0 Å². The molecule has 1 aromatic heterocycles. The summed E-state index contributed by atoms with van der Waals surface area (Å²) in [5.41, 5.74) is 2.03. The van der Waals surface area contributed by atoms with E-state index in [1.54, 1.807) is 0 Å². The minimum absolute atomic E-state index is 0.506. The molecule has 1 saturated heterocycles. The van der Waals surface area contributed by atoms with Crippen molar-refractivity contribution in [1.82, 2.24) is 4.98 Å². The molecular formula is C22H23ClN2O. The van der Waals surface area contributed by atoms with Crippen molar-refractivity contribution in [3.63, 3.8) is 0 Å². The first-order valence-electron chi connectivity index (χ1n) is 9.31. The normalized spacial score (nSPS) is 15.0. The van der Waals surface area contributed by atoms with Gasteiger partial charge in [-0.05, 0) is 48.7 Å². The molecule has 0 atom stereocenters. The molecule has 3 nitrogen and oxygen atoms in total. The molecule has 0 aliphatic carbocycles. The van der Waals surface area contributed by atoms with Gasteiger partial charge in [-0.2, -0.15) is 0 Å². The summed E-state index contributed by atoms with van der Waals surface area (Å²) in [5, 5.41) is 1.85. The minimum Gasteiger partial charge on any atom is -0.487 e. The molecular weight excluding hydrogens is 344 g/mol. The largest absolute Gasteiger partial charge is 0.487 e. The summed E-state index contributed by atoms with van der Waals surface area (Å²) in [7, 11) is 0. The molecule has 0 bridgehead atoms. The third-order valence-electron chi connectivity index (χ3n) is 4.91. The second kappa shape index (κ2) is 7.96. The Labute approximate surface area is 159 Å². The Kier molecular flexibility index (Phi) is 5.26. The summed E-state index contributed by atoms with van der Waals surface area (Å²) < 4.78 is 6.09. The molecule has 2 heterocycles. The number of halogens is 1. The molecule has 0 spiro atoms. The van der Waals surface area contributed by atoms with Crippen molar-refractivity contribution >= 4 is 28.3 Å². The minimum atomic E-state index is 0.506. The lowest BCUT2D eigenvalue weighted by Crippen LogP contribution is -2.24. The van der Waals surface area contributed by atoms with E-state index in [9.17, 15) is 0 Å². The zero-order valence-corrected chi connectivity index (χ0v) is 15.6. The molecule has 4 rings (SSSR count). The van der Waals surface area contributed by atoms with Crippen molar-refractivity contribution < 1.29 is 4.74 Å². The molecule has 2 aromatic carbocycles. The lowest BCUT2D eigenvalue weighted by molar-refractivity contribution is 0.309. The molecule has 1 aliphatic rings. The van der Waals surface area contributed by atoms with Gasteiger partial charge in [0, 0.05) is 23.5 Å². The summed E-state index contributed by atoms with van der Waals surface area (Å²) in [6.45, 7) is 2.69. The van der Waals surface area contributed by atoms with Gasteiger partial charge < -0.3 is 9.64 Å². The van der Waals surface area contributed by atoms with Crippen molar-refractivity contribution in [3.8, 4) is 5.75 Å². The van der Waals surface area contributed by atoms with Crippen LogP contribution in [0, 0.1) is 0 Å². The van der Waals surface area contributed by atoms with E-state index >= 15 is 0 Å². The number of para-hydroxylation sites is 1. The number of hydrogen-bond acceptors (Lipinski definition) is 3. The van der Waals surface area contributed by atoms with Gasteiger partial charge >= 0.3 is 0 Å². The first-order valence-corrected chi connectivity index (χ1v) is 9.69. The fourth-order valence-corrected chi connectivity index (χ4v) is 3.57. The Morgan fingerprint density at radius 1 is 0.885 bits per heavy atom. The molecule has 1 aliphatic heterocycles. The molecule has 134 valence electrons. The first-order chi connectivity index (χ1) is 12.8. The summed E-state index contributed by atoms with van der Waals surface area (Å²) in [5.74, 6) is 1.89. The fourth-order valence-electron chi connectivity index (χ4n) is 3.44. The quantitative estimate of drug-likeness (QED) is 0.579. The summed E-state index contributed by atoms with van der Waals surface area (Å²) in [4.78, 5) is 7.35. The Hall–Kier alpha value is -2.26. The molecule has 0 amide bonds. The molecule has 1 fully saturated rings. The zero-order chi connectivity index (χ0) is 17.8. The molecule has 0 saturated carbocycles. The smallest absolute Gasteiger partial charge is 0.146 e. The van der Waals surface area contributed by atoms with Crippen LogP contribution in [0.15, 0.2) is 54.6 Å². The highest BCUT2D eigenvalue weighted by Crippen LogP contribution is 2.28. The average Bonchev–Trinajstić information content (AvgIpc) is 2.97. The highest BCUT2D eigenvalue weighted by atomic mass is 35.5. The van der Waals surface area contributed by atoms with Gasteiger partial charge in [-0.1, -0.05) is 48.7 Å². The summed E-state index contributed by atoms with van der Waals surface area (Å²) in [6, 6.07) is 18.1. The maximum Gasteiger partial charge on any atom is 0.146 e. The predicted molar refractivity (Wildman–Crippen MR) is 108 cm³/mol. The number of pyridine rings is 1. The van der Waals surface area contributed by atoms with Crippen LogP contribution < -0.4 is 9.64 Å². The van der Waals surface area contributed by atoms with Crippen molar-refractivity contribution in [3.05, 3.63) is 65.2 Å². The Balaban J connectivity index is 1.59. The van der Waals surface area contributed by atoms with Gasteiger partial charge in [0.2, 0.25) is 0 Å². The maximum absolute atomic E-state index is 6.09. The number of hydrogen-bond donors (Lipinski definition) is 0. The van der Waals surface area contributed by atoms with Crippen molar-refractivity contribution in [2.75, 3.05) is 18.0 Å². The summed E-state index contributed by atoms with van der Waals surface area (Å²) >= 11 is 5.95. The van der Waals surface area contributed by atoms with Crippen molar-refractivity contribution in [2.45, 2.75) is 32.3 Å². The molecule has 0 N–H and O–H groups in total. The van der Waals surface area contributed by atoms with E-state index in [4.69, 9.17) is 21.3 Å². The van der Waals surface area contributed by atoms with Gasteiger partial charge in [0.25, 0.3) is 0 Å². The number of ether oxygens (including phenoxy) is 1. The lowest BCUT2D eigenvalue weighted by atomic mass is 10.2. The molecule has 0 radical (unpaired) electrons. The molecule has 4 heteroatoms. The van der Waals surface area contributed by atoms with Gasteiger partial charge in [-0.15, -0.1) is 0 Å². The van der Waals surface area contributed by atoms with E-state index in [0.29, 0.717) is 6.61 Å². The second-order valence-corrected chi connectivity index (χ2v) is 7.25. The van der Waals surface area contributed by atoms with E-state index in [1.165, 1.54) is 25.7 Å². The predicted octanol–water partition coefficient (Wildman–Crippen LogP) is 5.85. The number of aromatic nitrogens is 1. The Bertz CT molecular complexity index is 871. The Morgan fingerprint density at radius 3 is 2.42 bits per heavy atom. The van der Waals surface area contributed by atoms with Crippen LogP contribution in [0.1, 0.15) is 31.2 Å². The van der Waals surface area contributed by atoms with Crippen molar-refractivity contribution in [1.29, 1.82) is 0 Å². The lowest BCUT2D eigenvalue weighted by Gasteiger charge is -2.22. The van der Waals surface area contributed by atoms with Crippen LogP contribution in [-0.4, -0.2) is 18.1 Å². The number of fused-ring (bicyclic) bond motifs is 1. The van der Waals surface area contributed by atoms with Gasteiger partial charge in [0.05, 0.1) is 0 Å². The monoisotopic (exact) mass is 366 g/mol. The van der Waals surface area contributed by atoms with E-state index in [1.807, 2.05) is 36.4 Å². The first kappa shape index (κ1) is 17.2. The van der Waals surface area contributed by atoms with Gasteiger partial charge in [-0.25, -0.2) is 4.98 Å². The highest BCUT2D eigenvalue weighted by molar-refractivity contribution is 6.30. The number of nitrogens with zero attached hydrogens (tertiary/aromatic N) is 2. The Morgan fingerprint density at radius 2 is 1.65 bits per heavy atom. The fraction of sp³-hybridized carbons (Fsp3) is 0.318. The average molecular weight is 367 g/mol.